The summed E-state index contributed by atoms with van der Waals surface area (Å²) in [5, 5.41) is 8.24. The molecule has 3 N–H and O–H groups in total. The molecular weight excluding hydrogens is 440 g/mol. The predicted molar refractivity (Wildman–Crippen MR) is 134 cm³/mol. The van der Waals surface area contributed by atoms with Crippen molar-refractivity contribution >= 4 is 40.9 Å². The van der Waals surface area contributed by atoms with Crippen molar-refractivity contribution in [2.75, 3.05) is 11.9 Å². The van der Waals surface area contributed by atoms with Crippen LogP contribution in [0.25, 0.3) is 16.6 Å². The third-order valence-corrected chi connectivity index (χ3v) is 5.33. The minimum atomic E-state index is -0.934. The topological polar surface area (TPSA) is 99.2 Å². The van der Waals surface area contributed by atoms with Crippen molar-refractivity contribution in [1.29, 1.82) is 0 Å². The van der Waals surface area contributed by atoms with Gasteiger partial charge in [0, 0.05) is 17.5 Å². The highest BCUT2D eigenvalue weighted by atomic mass is 35.5. The largest absolute Gasteiger partial charge is 0.463 e. The fraction of sp³-hybridized carbons (Fsp3) is 0.400. The average Bonchev–Trinajstić information content (AvgIpc) is 3.20. The summed E-state index contributed by atoms with van der Waals surface area (Å²) in [6, 6.07) is 12.7. The molecule has 0 spiro atoms. The number of aryl methyl sites for hydroxylation is 1. The predicted octanol–water partition coefficient (Wildman–Crippen LogP) is 4.93. The van der Waals surface area contributed by atoms with Crippen LogP contribution in [0.5, 0.6) is 0 Å². The molecule has 33 heavy (non-hydrogen) atoms. The zero-order chi connectivity index (χ0) is 22.9. The van der Waals surface area contributed by atoms with Crippen LogP contribution < -0.4 is 11.1 Å². The number of carbonyl (C=O) groups is 2. The van der Waals surface area contributed by atoms with Crippen molar-refractivity contribution in [2.24, 2.45) is 5.73 Å². The molecule has 0 unspecified atom stereocenters. The van der Waals surface area contributed by atoms with Gasteiger partial charge >= 0.3 is 5.97 Å². The monoisotopic (exact) mass is 472 g/mol. The minimum absolute atomic E-state index is 0. The van der Waals surface area contributed by atoms with Crippen LogP contribution in [-0.4, -0.2) is 34.3 Å². The Hall–Kier alpha value is -2.90. The number of nitrogens with zero attached hydrogens (tertiary/aromatic N) is 2. The molecule has 3 rings (SSSR count). The van der Waals surface area contributed by atoms with Gasteiger partial charge in [-0.15, -0.1) is 12.4 Å². The number of benzene rings is 2. The first-order chi connectivity index (χ1) is 15.5. The Kier molecular flexibility index (Phi) is 10.4. The van der Waals surface area contributed by atoms with Crippen molar-refractivity contribution in [1.82, 2.24) is 9.78 Å². The average molecular weight is 473 g/mol. The number of halogens is 1. The summed E-state index contributed by atoms with van der Waals surface area (Å²) in [5.41, 5.74) is 9.49. The van der Waals surface area contributed by atoms with E-state index >= 15 is 0 Å². The van der Waals surface area contributed by atoms with Gasteiger partial charge in [-0.1, -0.05) is 44.7 Å². The Morgan fingerprint density at radius 3 is 2.67 bits per heavy atom. The van der Waals surface area contributed by atoms with Crippen LogP contribution in [0.15, 0.2) is 48.7 Å². The van der Waals surface area contributed by atoms with E-state index in [0.29, 0.717) is 12.1 Å². The van der Waals surface area contributed by atoms with E-state index in [1.807, 2.05) is 48.0 Å². The number of amides is 1. The van der Waals surface area contributed by atoms with Crippen molar-refractivity contribution in [3.8, 4) is 5.69 Å². The number of hydrogen-bond acceptors (Lipinski definition) is 5. The summed E-state index contributed by atoms with van der Waals surface area (Å²) < 4.78 is 7.01. The zero-order valence-corrected chi connectivity index (χ0v) is 20.1. The second kappa shape index (κ2) is 13.0. The van der Waals surface area contributed by atoms with Crippen LogP contribution in [0.4, 0.5) is 5.69 Å². The van der Waals surface area contributed by atoms with E-state index in [4.69, 9.17) is 10.5 Å². The second-order valence-electron chi connectivity index (χ2n) is 8.11. The Morgan fingerprint density at radius 2 is 1.91 bits per heavy atom. The summed E-state index contributed by atoms with van der Waals surface area (Å²) in [4.78, 5) is 24.3. The summed E-state index contributed by atoms with van der Waals surface area (Å²) in [6.45, 7) is 4.04. The van der Waals surface area contributed by atoms with Crippen molar-refractivity contribution in [3.05, 3.63) is 54.2 Å². The highest BCUT2D eigenvalue weighted by molar-refractivity contribution is 5.97. The van der Waals surface area contributed by atoms with Crippen molar-refractivity contribution in [3.63, 3.8) is 0 Å². The van der Waals surface area contributed by atoms with Gasteiger partial charge < -0.3 is 15.8 Å². The number of nitrogens with one attached hydrogen (secondary N) is 1. The van der Waals surface area contributed by atoms with E-state index in [1.54, 1.807) is 12.3 Å². The molecule has 0 aliphatic carbocycles. The first kappa shape index (κ1) is 26.4. The molecule has 178 valence electrons. The number of rotatable bonds is 11. The van der Waals surface area contributed by atoms with Crippen molar-refractivity contribution in [2.45, 2.75) is 58.4 Å². The molecule has 0 fully saturated rings. The Morgan fingerprint density at radius 1 is 1.12 bits per heavy atom. The molecule has 0 radical (unpaired) electrons. The second-order valence-corrected chi connectivity index (χ2v) is 8.11. The lowest BCUT2D eigenvalue weighted by Gasteiger charge is -2.13. The number of esters is 1. The third kappa shape index (κ3) is 7.58. The van der Waals surface area contributed by atoms with Gasteiger partial charge in [0.2, 0.25) is 5.91 Å². The minimum Gasteiger partial charge on any atom is -0.463 e. The van der Waals surface area contributed by atoms with E-state index in [-0.39, 0.29) is 25.0 Å². The first-order valence-electron chi connectivity index (χ1n) is 11.2. The maximum atomic E-state index is 12.5. The van der Waals surface area contributed by atoms with Gasteiger partial charge in [-0.3, -0.25) is 9.59 Å². The number of nitrogens with two attached hydrogens (primary N) is 1. The van der Waals surface area contributed by atoms with Gasteiger partial charge in [-0.25, -0.2) is 4.68 Å². The van der Waals surface area contributed by atoms with Gasteiger partial charge in [0.1, 0.15) is 12.6 Å². The van der Waals surface area contributed by atoms with E-state index in [1.165, 1.54) is 6.42 Å². The van der Waals surface area contributed by atoms with Crippen LogP contribution in [0.1, 0.15) is 51.0 Å². The molecule has 7 nitrogen and oxygen atoms in total. The van der Waals surface area contributed by atoms with Crippen LogP contribution in [0.3, 0.4) is 0 Å². The van der Waals surface area contributed by atoms with Gasteiger partial charge in [0.25, 0.3) is 0 Å². The van der Waals surface area contributed by atoms with Gasteiger partial charge in [-0.2, -0.15) is 5.10 Å². The van der Waals surface area contributed by atoms with Crippen molar-refractivity contribution < 1.29 is 14.3 Å². The molecule has 0 bridgehead atoms. The normalized spacial score (nSPS) is 11.6. The lowest BCUT2D eigenvalue weighted by molar-refractivity contribution is -0.144. The number of aromatic nitrogens is 2. The van der Waals surface area contributed by atoms with E-state index < -0.39 is 11.9 Å². The summed E-state index contributed by atoms with van der Waals surface area (Å²) in [5.74, 6) is -0.713. The molecule has 1 heterocycles. The number of unbranched alkanes of at least 4 members (excludes halogenated alkanes) is 4. The number of hydrogen-bond donors (Lipinski definition) is 2. The van der Waals surface area contributed by atoms with Crippen LogP contribution in [0.2, 0.25) is 0 Å². The van der Waals surface area contributed by atoms with Gasteiger partial charge in [-0.05, 0) is 49.2 Å². The molecule has 2 aromatic carbocycles. The van der Waals surface area contributed by atoms with Crippen LogP contribution in [-0.2, 0) is 14.3 Å². The first-order valence-corrected chi connectivity index (χ1v) is 11.2. The fourth-order valence-corrected chi connectivity index (χ4v) is 3.50. The highest BCUT2D eigenvalue weighted by Crippen LogP contribution is 2.22. The number of ether oxygens (including phenoxy) is 1. The Balaban J connectivity index is 0.00000385. The molecule has 0 saturated carbocycles. The molecule has 1 atom stereocenters. The Bertz CT molecular complexity index is 1070. The third-order valence-electron chi connectivity index (χ3n) is 5.33. The molecule has 0 aliphatic heterocycles. The molecular formula is C25H33ClN4O3. The van der Waals surface area contributed by atoms with Gasteiger partial charge in [0.05, 0.1) is 17.4 Å². The molecule has 1 aromatic heterocycles. The molecule has 0 aliphatic rings. The highest BCUT2D eigenvalue weighted by Gasteiger charge is 2.17. The number of fused-ring (bicyclic) bond motifs is 1. The standard InChI is InChI=1S/C25H32N4O3.ClH/c1-3-4-5-6-7-11-24(30)32-17-22(26)25(31)28-20-13-12-19-16-27-29(23(19)15-20)21-10-8-9-18(2)14-21;/h8-10,12-16,22H,3-7,11,17,26H2,1-2H3,(H,28,31);1H/t22-;/m0./s1. The fourth-order valence-electron chi connectivity index (χ4n) is 3.50. The van der Waals surface area contributed by atoms with Crippen LogP contribution >= 0.6 is 12.4 Å². The number of carbonyl (C=O) groups excluding carboxylic acids is 2. The molecule has 3 aromatic rings. The molecule has 0 saturated heterocycles. The quantitative estimate of drug-likeness (QED) is 0.304. The van der Waals surface area contributed by atoms with Crippen LogP contribution in [0, 0.1) is 6.92 Å². The SMILES string of the molecule is CCCCCCCC(=O)OC[C@H](N)C(=O)Nc1ccc2cnn(-c3cccc(C)c3)c2c1.Cl. The maximum absolute atomic E-state index is 12.5. The smallest absolute Gasteiger partial charge is 0.305 e. The maximum Gasteiger partial charge on any atom is 0.305 e. The lowest BCUT2D eigenvalue weighted by Crippen LogP contribution is -2.40. The lowest BCUT2D eigenvalue weighted by atomic mass is 10.1. The molecule has 1 amide bonds. The summed E-state index contributed by atoms with van der Waals surface area (Å²) in [6.07, 6.45) is 7.42. The summed E-state index contributed by atoms with van der Waals surface area (Å²) in [7, 11) is 0. The van der Waals surface area contributed by atoms with E-state index in [0.717, 1.165) is 47.8 Å². The van der Waals surface area contributed by atoms with Gasteiger partial charge in [0.15, 0.2) is 0 Å². The molecule has 8 heteroatoms. The van der Waals surface area contributed by atoms with E-state index in [2.05, 4.69) is 17.3 Å². The Labute approximate surface area is 201 Å². The van der Waals surface area contributed by atoms with E-state index in [9.17, 15) is 9.59 Å². The summed E-state index contributed by atoms with van der Waals surface area (Å²) >= 11 is 0. The number of anilines is 1. The zero-order valence-electron chi connectivity index (χ0n) is 19.3.